The van der Waals surface area contributed by atoms with Crippen LogP contribution in [0.1, 0.15) is 47.2 Å². The number of rotatable bonds is 8. The molecule has 0 saturated heterocycles. The summed E-state index contributed by atoms with van der Waals surface area (Å²) in [7, 11) is 0. The highest BCUT2D eigenvalue weighted by atomic mass is 35.5. The molecule has 1 atom stereocenters. The summed E-state index contributed by atoms with van der Waals surface area (Å²) in [5, 5.41) is 14.0. The number of alkyl halides is 3. The van der Waals surface area contributed by atoms with E-state index in [2.05, 4.69) is 20.8 Å². The van der Waals surface area contributed by atoms with Crippen LogP contribution in [-0.4, -0.2) is 32.3 Å². The first-order valence-corrected chi connectivity index (χ1v) is 12.0. The lowest BCUT2D eigenvalue weighted by molar-refractivity contribution is -0.137. The molecule has 12 heteroatoms. The summed E-state index contributed by atoms with van der Waals surface area (Å²) in [6.45, 7) is 6.03. The van der Waals surface area contributed by atoms with Crippen LogP contribution in [0.15, 0.2) is 47.6 Å². The minimum Gasteiger partial charge on any atom is -0.342 e. The summed E-state index contributed by atoms with van der Waals surface area (Å²) in [4.78, 5) is 25.0. The van der Waals surface area contributed by atoms with Gasteiger partial charge in [0.05, 0.1) is 28.1 Å². The Morgan fingerprint density at radius 3 is 2.57 bits per heavy atom. The number of hydrogen-bond acceptors (Lipinski definition) is 5. The SMILES string of the molecule is CCn1c(SCC(=O)Nc2cc(C(F)(F)F)ccc2Cl)nnc1[C@H](C)NC(=O)c1cccc(C)c1. The molecule has 0 aliphatic carbocycles. The van der Waals surface area contributed by atoms with Crippen molar-refractivity contribution in [2.45, 2.75) is 44.7 Å². The largest absolute Gasteiger partial charge is 0.416 e. The molecular formula is C23H23ClF3N5O2S. The first-order chi connectivity index (χ1) is 16.5. The zero-order chi connectivity index (χ0) is 25.8. The van der Waals surface area contributed by atoms with Gasteiger partial charge >= 0.3 is 6.18 Å². The van der Waals surface area contributed by atoms with Gasteiger partial charge in [-0.1, -0.05) is 41.1 Å². The summed E-state index contributed by atoms with van der Waals surface area (Å²) in [5.74, 6) is -0.422. The molecule has 1 aromatic heterocycles. The van der Waals surface area contributed by atoms with E-state index in [-0.39, 0.29) is 22.4 Å². The van der Waals surface area contributed by atoms with Crippen LogP contribution in [0, 0.1) is 6.92 Å². The summed E-state index contributed by atoms with van der Waals surface area (Å²) in [6.07, 6.45) is -4.56. The van der Waals surface area contributed by atoms with Gasteiger partial charge in [0.15, 0.2) is 11.0 Å². The fourth-order valence-corrected chi connectivity index (χ4v) is 4.24. The number of hydrogen-bond donors (Lipinski definition) is 2. The van der Waals surface area contributed by atoms with Crippen LogP contribution in [0.3, 0.4) is 0 Å². The Balaban J connectivity index is 1.65. The van der Waals surface area contributed by atoms with Crippen molar-refractivity contribution < 1.29 is 22.8 Å². The monoisotopic (exact) mass is 525 g/mol. The van der Waals surface area contributed by atoms with Crippen molar-refractivity contribution in [3.05, 3.63) is 70.0 Å². The second-order valence-corrected chi connectivity index (χ2v) is 9.03. The standard InChI is InChI=1S/C23H23ClF3N5O2S/c1-4-32-20(14(3)28-21(34)15-7-5-6-13(2)10-15)30-31-22(32)35-12-19(33)29-18-11-16(23(25,26)27)8-9-17(18)24/h5-11,14H,4,12H2,1-3H3,(H,28,34)(H,29,33)/t14-/m0/s1. The first kappa shape index (κ1) is 26.6. The molecule has 0 saturated carbocycles. The van der Waals surface area contributed by atoms with E-state index < -0.39 is 23.7 Å². The molecule has 0 unspecified atom stereocenters. The van der Waals surface area contributed by atoms with Crippen LogP contribution in [0.5, 0.6) is 0 Å². The summed E-state index contributed by atoms with van der Waals surface area (Å²) < 4.78 is 40.6. The number of aryl methyl sites for hydroxylation is 1. The highest BCUT2D eigenvalue weighted by Gasteiger charge is 2.31. The lowest BCUT2D eigenvalue weighted by Gasteiger charge is -2.15. The van der Waals surface area contributed by atoms with Gasteiger partial charge in [0.1, 0.15) is 0 Å². The van der Waals surface area contributed by atoms with Gasteiger partial charge in [-0.15, -0.1) is 10.2 Å². The van der Waals surface area contributed by atoms with Gasteiger partial charge in [-0.2, -0.15) is 13.2 Å². The molecule has 3 rings (SSSR count). The molecule has 2 N–H and O–H groups in total. The van der Waals surface area contributed by atoms with E-state index in [1.807, 2.05) is 19.9 Å². The van der Waals surface area contributed by atoms with E-state index in [0.717, 1.165) is 35.5 Å². The predicted molar refractivity (Wildman–Crippen MR) is 129 cm³/mol. The molecule has 0 spiro atoms. The molecule has 35 heavy (non-hydrogen) atoms. The molecule has 0 radical (unpaired) electrons. The van der Waals surface area contributed by atoms with E-state index in [4.69, 9.17) is 11.6 Å². The van der Waals surface area contributed by atoms with Crippen LogP contribution in [0.25, 0.3) is 0 Å². The molecule has 3 aromatic rings. The van der Waals surface area contributed by atoms with Crippen LogP contribution in [-0.2, 0) is 17.5 Å². The van der Waals surface area contributed by atoms with Crippen LogP contribution in [0.2, 0.25) is 5.02 Å². The fraction of sp³-hybridized carbons (Fsp3) is 0.304. The van der Waals surface area contributed by atoms with E-state index in [0.29, 0.717) is 23.1 Å². The highest BCUT2D eigenvalue weighted by Crippen LogP contribution is 2.34. The zero-order valence-electron chi connectivity index (χ0n) is 19.1. The van der Waals surface area contributed by atoms with Crippen molar-refractivity contribution in [1.29, 1.82) is 0 Å². The molecule has 2 aromatic carbocycles. The number of amides is 2. The minimum absolute atomic E-state index is 0.00598. The lowest BCUT2D eigenvalue weighted by Crippen LogP contribution is -2.28. The number of nitrogens with zero attached hydrogens (tertiary/aromatic N) is 3. The Labute approximate surface area is 209 Å². The Kier molecular flexibility index (Phi) is 8.44. The van der Waals surface area contributed by atoms with Gasteiger partial charge in [0.2, 0.25) is 5.91 Å². The van der Waals surface area contributed by atoms with Crippen LogP contribution in [0.4, 0.5) is 18.9 Å². The van der Waals surface area contributed by atoms with E-state index in [1.165, 1.54) is 0 Å². The van der Waals surface area contributed by atoms with Crippen molar-refractivity contribution in [3.63, 3.8) is 0 Å². The lowest BCUT2D eigenvalue weighted by atomic mass is 10.1. The normalized spacial score (nSPS) is 12.3. The maximum atomic E-state index is 12.9. The number of carbonyl (C=O) groups is 2. The number of nitrogens with one attached hydrogen (secondary N) is 2. The summed E-state index contributed by atoms with van der Waals surface area (Å²) in [5.41, 5.74) is 0.448. The number of thioether (sulfide) groups is 1. The summed E-state index contributed by atoms with van der Waals surface area (Å²) in [6, 6.07) is 9.46. The Bertz CT molecular complexity index is 1230. The number of benzene rings is 2. The van der Waals surface area contributed by atoms with Crippen molar-refractivity contribution in [1.82, 2.24) is 20.1 Å². The third-order valence-corrected chi connectivity index (χ3v) is 6.27. The number of aromatic nitrogens is 3. The highest BCUT2D eigenvalue weighted by molar-refractivity contribution is 7.99. The molecular weight excluding hydrogens is 503 g/mol. The second-order valence-electron chi connectivity index (χ2n) is 7.68. The average Bonchev–Trinajstić information content (AvgIpc) is 3.21. The van der Waals surface area contributed by atoms with Gasteiger partial charge in [0, 0.05) is 12.1 Å². The zero-order valence-corrected chi connectivity index (χ0v) is 20.7. The van der Waals surface area contributed by atoms with Crippen molar-refractivity contribution in [2.75, 3.05) is 11.1 Å². The van der Waals surface area contributed by atoms with Gasteiger partial charge in [0.25, 0.3) is 5.91 Å². The van der Waals surface area contributed by atoms with E-state index in [1.54, 1.807) is 29.7 Å². The molecule has 0 aliphatic rings. The quantitative estimate of drug-likeness (QED) is 0.379. The molecule has 1 heterocycles. The summed E-state index contributed by atoms with van der Waals surface area (Å²) >= 11 is 7.01. The topological polar surface area (TPSA) is 88.9 Å². The van der Waals surface area contributed by atoms with Crippen molar-refractivity contribution in [3.8, 4) is 0 Å². The predicted octanol–water partition coefficient (Wildman–Crippen LogP) is 5.50. The first-order valence-electron chi connectivity index (χ1n) is 10.6. The van der Waals surface area contributed by atoms with Gasteiger partial charge in [-0.3, -0.25) is 9.59 Å². The van der Waals surface area contributed by atoms with Gasteiger partial charge < -0.3 is 15.2 Å². The van der Waals surface area contributed by atoms with Crippen molar-refractivity contribution >= 4 is 40.9 Å². The number of halogens is 4. The van der Waals surface area contributed by atoms with E-state index in [9.17, 15) is 22.8 Å². The van der Waals surface area contributed by atoms with Crippen LogP contribution < -0.4 is 10.6 Å². The van der Waals surface area contributed by atoms with Crippen molar-refractivity contribution in [2.24, 2.45) is 0 Å². The molecule has 186 valence electrons. The maximum Gasteiger partial charge on any atom is 0.416 e. The number of carbonyl (C=O) groups excluding carboxylic acids is 2. The fourth-order valence-electron chi connectivity index (χ4n) is 3.27. The molecule has 0 fully saturated rings. The molecule has 7 nitrogen and oxygen atoms in total. The Morgan fingerprint density at radius 1 is 1.17 bits per heavy atom. The second kappa shape index (κ2) is 11.1. The average molecular weight is 526 g/mol. The molecule has 2 amide bonds. The Hall–Kier alpha value is -3.05. The maximum absolute atomic E-state index is 12.9. The molecule has 0 bridgehead atoms. The third kappa shape index (κ3) is 6.76. The van der Waals surface area contributed by atoms with Gasteiger partial charge in [-0.05, 0) is 51.1 Å². The Morgan fingerprint density at radius 2 is 1.91 bits per heavy atom. The van der Waals surface area contributed by atoms with Gasteiger partial charge in [-0.25, -0.2) is 0 Å². The third-order valence-electron chi connectivity index (χ3n) is 4.98. The van der Waals surface area contributed by atoms with E-state index >= 15 is 0 Å². The smallest absolute Gasteiger partial charge is 0.342 e. The minimum atomic E-state index is -4.56. The number of anilines is 1. The van der Waals surface area contributed by atoms with Crippen LogP contribution >= 0.6 is 23.4 Å². The molecule has 0 aliphatic heterocycles.